The second kappa shape index (κ2) is 12.2. The molecule has 4 fully saturated rings. The number of carbonyl (C=O) groups is 5. The largest absolute Gasteiger partial charge is 0.363 e. The quantitative estimate of drug-likeness (QED) is 0.252. The number of nitrogens with zero attached hydrogens (tertiary/aromatic N) is 4. The lowest BCUT2D eigenvalue weighted by Crippen LogP contribution is -2.58. The zero-order valence-corrected chi connectivity index (χ0v) is 28.3. The van der Waals surface area contributed by atoms with Gasteiger partial charge in [-0.15, -0.1) is 11.3 Å². The molecule has 50 heavy (non-hydrogen) atoms. The number of thiophene rings is 1. The van der Waals surface area contributed by atoms with Gasteiger partial charge in [-0.25, -0.2) is 23.4 Å². The molecule has 0 bridgehead atoms. The average molecular weight is 732 g/mol. The highest BCUT2D eigenvalue weighted by Crippen LogP contribution is 2.53. The maximum absolute atomic E-state index is 15.0. The maximum atomic E-state index is 15.0. The van der Waals surface area contributed by atoms with Crippen LogP contribution in [0.4, 0.5) is 19.3 Å². The van der Waals surface area contributed by atoms with Crippen LogP contribution >= 0.6 is 18.9 Å². The molecule has 5 heterocycles. The van der Waals surface area contributed by atoms with Crippen LogP contribution in [0.5, 0.6) is 0 Å². The summed E-state index contributed by atoms with van der Waals surface area (Å²) in [5, 5.41) is 3.14. The molecule has 14 nitrogen and oxygen atoms in total. The molecule has 264 valence electrons. The summed E-state index contributed by atoms with van der Waals surface area (Å²) >= 11 is 1.05. The number of hydrogen-bond acceptors (Lipinski definition) is 8. The zero-order valence-electron chi connectivity index (χ0n) is 26.6. The van der Waals surface area contributed by atoms with Gasteiger partial charge in [0.1, 0.15) is 17.6 Å². The molecule has 3 aromatic rings. The minimum atomic E-state index is -5.05. The number of pyridine rings is 1. The lowest BCUT2D eigenvalue weighted by Gasteiger charge is -2.36. The van der Waals surface area contributed by atoms with Crippen molar-refractivity contribution in [2.24, 2.45) is 7.05 Å². The van der Waals surface area contributed by atoms with Crippen molar-refractivity contribution in [3.05, 3.63) is 63.1 Å². The van der Waals surface area contributed by atoms with Crippen LogP contribution in [0.1, 0.15) is 72.5 Å². The summed E-state index contributed by atoms with van der Waals surface area (Å²) in [5.74, 6) is -6.26. The number of carbonyl (C=O) groups excluding carboxylic acids is 5. The third-order valence-corrected chi connectivity index (χ3v) is 12.0. The minimum Gasteiger partial charge on any atom is -0.340 e. The van der Waals surface area contributed by atoms with Crippen LogP contribution in [0, 0.1) is 5.82 Å². The third kappa shape index (κ3) is 5.56. The first-order valence-corrected chi connectivity index (χ1v) is 18.6. The van der Waals surface area contributed by atoms with Gasteiger partial charge in [-0.05, 0) is 67.7 Å². The van der Waals surface area contributed by atoms with Crippen molar-refractivity contribution in [1.82, 2.24) is 19.7 Å². The predicted molar refractivity (Wildman–Crippen MR) is 174 cm³/mol. The van der Waals surface area contributed by atoms with Gasteiger partial charge < -0.3 is 24.6 Å². The summed E-state index contributed by atoms with van der Waals surface area (Å²) in [4.78, 5) is 103. The number of amides is 6. The third-order valence-electron chi connectivity index (χ3n) is 10.0. The number of aromatic nitrogens is 1. The van der Waals surface area contributed by atoms with Crippen LogP contribution in [-0.2, 0) is 26.0 Å². The van der Waals surface area contributed by atoms with Gasteiger partial charge in [0.25, 0.3) is 23.3 Å². The highest BCUT2D eigenvalue weighted by Gasteiger charge is 2.69. The van der Waals surface area contributed by atoms with E-state index >= 15 is 0 Å². The Hall–Kier alpha value is -4.31. The fourth-order valence-corrected chi connectivity index (χ4v) is 8.80. The first-order valence-electron chi connectivity index (χ1n) is 16.1. The molecule has 1 saturated carbocycles. The van der Waals surface area contributed by atoms with Gasteiger partial charge >= 0.3 is 13.6 Å². The molecule has 1 aromatic carbocycles. The van der Waals surface area contributed by atoms with E-state index in [0.29, 0.717) is 40.7 Å². The number of nitrogens with one attached hydrogen (secondary N) is 1. The van der Waals surface area contributed by atoms with E-state index < -0.39 is 77.9 Å². The lowest BCUT2D eigenvalue weighted by atomic mass is 9.99. The van der Waals surface area contributed by atoms with Gasteiger partial charge in [-0.1, -0.05) is 18.9 Å². The second-order valence-electron chi connectivity index (χ2n) is 13.2. The predicted octanol–water partition coefficient (Wildman–Crippen LogP) is 3.44. The second-order valence-corrected chi connectivity index (χ2v) is 15.9. The van der Waals surface area contributed by atoms with Gasteiger partial charge in [0.15, 0.2) is 5.82 Å². The Kier molecular flexibility index (Phi) is 8.32. The number of fused-ring (bicyclic) bond motifs is 2. The van der Waals surface area contributed by atoms with Crippen molar-refractivity contribution in [3.8, 4) is 0 Å². The summed E-state index contributed by atoms with van der Waals surface area (Å²) in [6.45, 7) is 0. The number of rotatable bonds is 6. The number of halogens is 2. The molecule has 7 rings (SSSR count). The summed E-state index contributed by atoms with van der Waals surface area (Å²) in [5.41, 5.74) is -2.99. The van der Waals surface area contributed by atoms with E-state index in [9.17, 15) is 51.9 Å². The van der Waals surface area contributed by atoms with Crippen molar-refractivity contribution in [3.63, 3.8) is 0 Å². The fraction of sp³-hybridized carbons (Fsp3) is 0.438. The van der Waals surface area contributed by atoms with E-state index in [-0.39, 0.29) is 42.2 Å². The van der Waals surface area contributed by atoms with Crippen molar-refractivity contribution >= 4 is 64.4 Å². The minimum absolute atomic E-state index is 0.150. The highest BCUT2D eigenvalue weighted by molar-refractivity contribution is 7.51. The van der Waals surface area contributed by atoms with Crippen molar-refractivity contribution in [2.75, 3.05) is 4.90 Å². The number of imide groups is 2. The first-order chi connectivity index (χ1) is 23.6. The Morgan fingerprint density at radius 1 is 1.04 bits per heavy atom. The van der Waals surface area contributed by atoms with Crippen molar-refractivity contribution < 1.29 is 47.1 Å². The van der Waals surface area contributed by atoms with Crippen LogP contribution in [0.25, 0.3) is 10.1 Å². The fourth-order valence-electron chi connectivity index (χ4n) is 7.31. The molecule has 2 unspecified atom stereocenters. The molecule has 3 N–H and O–H groups in total. The van der Waals surface area contributed by atoms with Gasteiger partial charge in [0.2, 0.25) is 11.8 Å². The van der Waals surface area contributed by atoms with Crippen LogP contribution < -0.4 is 15.8 Å². The Morgan fingerprint density at radius 2 is 1.76 bits per heavy atom. The van der Waals surface area contributed by atoms with E-state index in [1.807, 2.05) is 0 Å². The topological polar surface area (TPSA) is 187 Å². The van der Waals surface area contributed by atoms with Gasteiger partial charge in [0, 0.05) is 30.1 Å². The SMILES string of the molecule is Cn1cc(F)c(N2C(=O)N(C(=O)[C@@H]3CC[C@@H]4CCCCC(NC(=O)c5cc6cc(C(F)P(=O)(O)O)ccc6s5)C(=O)N43)C3(CC3)C2=O)cc1=O. The van der Waals surface area contributed by atoms with Crippen LogP contribution in [0.15, 0.2) is 41.3 Å². The smallest absolute Gasteiger partial charge is 0.340 e. The molecular weight excluding hydrogens is 699 g/mol. The average Bonchev–Trinajstić information content (AvgIpc) is 3.46. The van der Waals surface area contributed by atoms with Crippen LogP contribution in [-0.4, -0.2) is 77.5 Å². The van der Waals surface area contributed by atoms with Crippen molar-refractivity contribution in [1.29, 1.82) is 0 Å². The molecule has 3 aliphatic heterocycles. The van der Waals surface area contributed by atoms with Crippen molar-refractivity contribution in [2.45, 2.75) is 80.9 Å². The molecule has 4 atom stereocenters. The molecule has 4 aliphatic rings. The summed E-state index contributed by atoms with van der Waals surface area (Å²) < 4.78 is 42.2. The normalized spacial score (nSPS) is 24.1. The number of hydrogen-bond donors (Lipinski definition) is 3. The van der Waals surface area contributed by atoms with Crippen LogP contribution in [0.3, 0.4) is 0 Å². The zero-order chi connectivity index (χ0) is 35.9. The van der Waals surface area contributed by atoms with Crippen LogP contribution in [0.2, 0.25) is 0 Å². The molecule has 1 aliphatic carbocycles. The number of urea groups is 1. The Balaban J connectivity index is 1.13. The molecule has 3 saturated heterocycles. The van der Waals surface area contributed by atoms with E-state index in [0.717, 1.165) is 33.1 Å². The number of alkyl halides is 1. The van der Waals surface area contributed by atoms with E-state index in [4.69, 9.17) is 0 Å². The van der Waals surface area contributed by atoms with E-state index in [2.05, 4.69) is 5.32 Å². The Labute approximate surface area is 286 Å². The lowest BCUT2D eigenvalue weighted by molar-refractivity contribution is -0.147. The van der Waals surface area contributed by atoms with E-state index in [1.165, 1.54) is 36.2 Å². The molecule has 18 heteroatoms. The Bertz CT molecular complexity index is 2090. The number of benzene rings is 1. The van der Waals surface area contributed by atoms with E-state index in [1.54, 1.807) is 0 Å². The summed E-state index contributed by atoms with van der Waals surface area (Å²) in [7, 11) is -3.73. The summed E-state index contributed by atoms with van der Waals surface area (Å²) in [6, 6.07) is 2.57. The monoisotopic (exact) mass is 731 g/mol. The summed E-state index contributed by atoms with van der Waals surface area (Å²) in [6.07, 6.45) is 3.94. The molecule has 6 amide bonds. The number of aryl methyl sites for hydroxylation is 1. The van der Waals surface area contributed by atoms with Gasteiger partial charge in [-0.2, -0.15) is 0 Å². The van der Waals surface area contributed by atoms with Gasteiger partial charge in [-0.3, -0.25) is 28.5 Å². The number of anilines is 1. The standard InChI is InChI=1S/C32H32F2N5O9PS/c1-36-15-19(33)22(14-25(36)40)38-30(44)32(10-11-32)39(31(38)45)29(43)21-8-7-18-4-2-3-5-20(28(42)37(18)21)35-27(41)24-13-17-12-16(6-9-23(17)50-24)26(34)49(46,47)48/h6,9,12-15,18,20-21,26H,2-5,7-8,10-11H2,1H3,(H,35,41)(H2,46,47,48)/t18-,20?,21-,26?/m0/s1. The molecule has 2 aromatic heterocycles. The molecular formula is C32H32F2N5O9PS. The molecule has 0 radical (unpaired) electrons. The first kappa shape index (κ1) is 34.2. The van der Waals surface area contributed by atoms with Gasteiger partial charge in [0.05, 0.1) is 10.6 Å². The Morgan fingerprint density at radius 3 is 2.46 bits per heavy atom. The maximum Gasteiger partial charge on any atom is 0.363 e. The highest BCUT2D eigenvalue weighted by atomic mass is 32.1. The molecule has 1 spiro atoms.